The van der Waals surface area contributed by atoms with Gasteiger partial charge in [-0.3, -0.25) is 19.1 Å². The lowest BCUT2D eigenvalue weighted by Gasteiger charge is -2.07. The summed E-state index contributed by atoms with van der Waals surface area (Å²) < 4.78 is 1.49. The SMILES string of the molecule is Cc1cc(C(=O)NCCC(=O)Nc2cccc(C(N)=O)c2)n(C)n1. The number of hydrogen-bond acceptors (Lipinski definition) is 4. The molecule has 126 valence electrons. The largest absolute Gasteiger partial charge is 0.366 e. The molecule has 8 nitrogen and oxygen atoms in total. The summed E-state index contributed by atoms with van der Waals surface area (Å²) in [6, 6.07) is 8.01. The number of carbonyl (C=O) groups is 3. The van der Waals surface area contributed by atoms with Gasteiger partial charge >= 0.3 is 0 Å². The van der Waals surface area contributed by atoms with Crippen LogP contribution >= 0.6 is 0 Å². The molecular weight excluding hydrogens is 310 g/mol. The topological polar surface area (TPSA) is 119 Å². The van der Waals surface area contributed by atoms with E-state index in [1.807, 2.05) is 0 Å². The number of hydrogen-bond donors (Lipinski definition) is 3. The number of carbonyl (C=O) groups excluding carboxylic acids is 3. The van der Waals surface area contributed by atoms with Gasteiger partial charge in [0.1, 0.15) is 5.69 Å². The highest BCUT2D eigenvalue weighted by Gasteiger charge is 2.12. The Morgan fingerprint density at radius 2 is 2.00 bits per heavy atom. The molecule has 0 aliphatic carbocycles. The van der Waals surface area contributed by atoms with Crippen molar-refractivity contribution in [1.29, 1.82) is 0 Å². The Labute approximate surface area is 139 Å². The van der Waals surface area contributed by atoms with Gasteiger partial charge in [0.05, 0.1) is 5.69 Å². The fourth-order valence-corrected chi connectivity index (χ4v) is 2.18. The number of aromatic nitrogens is 2. The second-order valence-electron chi connectivity index (χ2n) is 5.29. The quantitative estimate of drug-likeness (QED) is 0.718. The number of nitrogens with two attached hydrogens (primary N) is 1. The summed E-state index contributed by atoms with van der Waals surface area (Å²) in [5, 5.41) is 9.41. The average molecular weight is 329 g/mol. The first-order valence-electron chi connectivity index (χ1n) is 7.35. The first-order valence-corrected chi connectivity index (χ1v) is 7.35. The summed E-state index contributed by atoms with van der Waals surface area (Å²) >= 11 is 0. The van der Waals surface area contributed by atoms with Crippen molar-refractivity contribution < 1.29 is 14.4 Å². The maximum Gasteiger partial charge on any atom is 0.269 e. The highest BCUT2D eigenvalue weighted by molar-refractivity contribution is 5.96. The molecule has 0 spiro atoms. The maximum atomic E-state index is 12.0. The number of anilines is 1. The van der Waals surface area contributed by atoms with E-state index >= 15 is 0 Å². The summed E-state index contributed by atoms with van der Waals surface area (Å²) in [7, 11) is 1.68. The van der Waals surface area contributed by atoms with Crippen molar-refractivity contribution in [2.75, 3.05) is 11.9 Å². The molecule has 1 aromatic carbocycles. The van der Waals surface area contributed by atoms with E-state index in [-0.39, 0.29) is 24.8 Å². The van der Waals surface area contributed by atoms with Gasteiger partial charge in [0.25, 0.3) is 5.91 Å². The van der Waals surface area contributed by atoms with Crippen LogP contribution in [0.4, 0.5) is 5.69 Å². The van der Waals surface area contributed by atoms with Crippen molar-refractivity contribution >= 4 is 23.4 Å². The van der Waals surface area contributed by atoms with Crippen molar-refractivity contribution in [2.24, 2.45) is 12.8 Å². The summed E-state index contributed by atoms with van der Waals surface area (Å²) in [6.45, 7) is 1.98. The second kappa shape index (κ2) is 7.40. The van der Waals surface area contributed by atoms with Crippen LogP contribution in [0.3, 0.4) is 0 Å². The van der Waals surface area contributed by atoms with Crippen LogP contribution in [0.25, 0.3) is 0 Å². The second-order valence-corrected chi connectivity index (χ2v) is 5.29. The van der Waals surface area contributed by atoms with E-state index in [1.54, 1.807) is 38.2 Å². The van der Waals surface area contributed by atoms with Gasteiger partial charge in [0.15, 0.2) is 0 Å². The van der Waals surface area contributed by atoms with Gasteiger partial charge < -0.3 is 16.4 Å². The number of rotatable bonds is 6. The minimum atomic E-state index is -0.565. The van der Waals surface area contributed by atoms with E-state index in [4.69, 9.17) is 5.73 Å². The Morgan fingerprint density at radius 3 is 2.62 bits per heavy atom. The van der Waals surface area contributed by atoms with Crippen molar-refractivity contribution in [3.8, 4) is 0 Å². The average Bonchev–Trinajstić information content (AvgIpc) is 2.86. The minimum absolute atomic E-state index is 0.101. The van der Waals surface area contributed by atoms with Crippen LogP contribution in [0.5, 0.6) is 0 Å². The summed E-state index contributed by atoms with van der Waals surface area (Å²) in [4.78, 5) is 35.0. The van der Waals surface area contributed by atoms with Gasteiger partial charge in [-0.25, -0.2) is 0 Å². The van der Waals surface area contributed by atoms with Crippen LogP contribution in [0.1, 0.15) is 33.0 Å². The molecule has 0 saturated heterocycles. The van der Waals surface area contributed by atoms with Gasteiger partial charge in [0, 0.05) is 31.3 Å². The first kappa shape index (κ1) is 17.2. The molecule has 2 rings (SSSR count). The van der Waals surface area contributed by atoms with E-state index in [1.165, 1.54) is 10.7 Å². The number of benzene rings is 1. The Bertz CT molecular complexity index is 782. The zero-order valence-corrected chi connectivity index (χ0v) is 13.5. The van der Waals surface area contributed by atoms with Gasteiger partial charge in [0.2, 0.25) is 11.8 Å². The molecule has 8 heteroatoms. The maximum absolute atomic E-state index is 12.0. The van der Waals surface area contributed by atoms with Crippen molar-refractivity contribution in [3.63, 3.8) is 0 Å². The molecule has 0 aliphatic rings. The number of nitrogens with zero attached hydrogens (tertiary/aromatic N) is 2. The third kappa shape index (κ3) is 4.42. The first-order chi connectivity index (χ1) is 11.4. The highest BCUT2D eigenvalue weighted by Crippen LogP contribution is 2.10. The Morgan fingerprint density at radius 1 is 1.25 bits per heavy atom. The van der Waals surface area contributed by atoms with Crippen LogP contribution in [0.15, 0.2) is 30.3 Å². The van der Waals surface area contributed by atoms with Crippen LogP contribution in [0, 0.1) is 6.92 Å². The molecule has 4 N–H and O–H groups in total. The Hall–Kier alpha value is -3.16. The lowest BCUT2D eigenvalue weighted by Crippen LogP contribution is -2.29. The molecule has 24 heavy (non-hydrogen) atoms. The third-order valence-corrected chi connectivity index (χ3v) is 3.30. The molecule has 0 fully saturated rings. The molecular formula is C16H19N5O3. The van der Waals surface area contributed by atoms with E-state index < -0.39 is 5.91 Å². The number of amides is 3. The van der Waals surface area contributed by atoms with E-state index in [2.05, 4.69) is 15.7 Å². The number of aryl methyl sites for hydroxylation is 2. The van der Waals surface area contributed by atoms with Gasteiger partial charge in [-0.05, 0) is 31.2 Å². The molecule has 2 aromatic rings. The fraction of sp³-hybridized carbons (Fsp3) is 0.250. The molecule has 0 radical (unpaired) electrons. The van der Waals surface area contributed by atoms with Crippen LogP contribution in [-0.2, 0) is 11.8 Å². The summed E-state index contributed by atoms with van der Waals surface area (Å²) in [5.41, 5.74) is 7.16. The Balaban J connectivity index is 1.83. The molecule has 1 aromatic heterocycles. The molecule has 0 unspecified atom stereocenters. The Kier molecular flexibility index (Phi) is 5.31. The van der Waals surface area contributed by atoms with Crippen molar-refractivity contribution in [1.82, 2.24) is 15.1 Å². The molecule has 0 atom stereocenters. The summed E-state index contributed by atoms with van der Waals surface area (Å²) in [6.07, 6.45) is 0.101. The zero-order valence-electron chi connectivity index (χ0n) is 13.5. The third-order valence-electron chi connectivity index (χ3n) is 3.30. The van der Waals surface area contributed by atoms with Gasteiger partial charge in [-0.1, -0.05) is 6.07 Å². The van der Waals surface area contributed by atoms with Gasteiger partial charge in [-0.2, -0.15) is 5.10 Å². The number of nitrogens with one attached hydrogen (secondary N) is 2. The van der Waals surface area contributed by atoms with Crippen LogP contribution in [0.2, 0.25) is 0 Å². The normalized spacial score (nSPS) is 10.2. The van der Waals surface area contributed by atoms with Crippen molar-refractivity contribution in [3.05, 3.63) is 47.3 Å². The zero-order chi connectivity index (χ0) is 17.7. The van der Waals surface area contributed by atoms with Crippen LogP contribution < -0.4 is 16.4 Å². The monoisotopic (exact) mass is 329 g/mol. The smallest absolute Gasteiger partial charge is 0.269 e. The fourth-order valence-electron chi connectivity index (χ4n) is 2.18. The summed E-state index contributed by atoms with van der Waals surface area (Å²) in [5.74, 6) is -1.13. The highest BCUT2D eigenvalue weighted by atomic mass is 16.2. The molecule has 0 aliphatic heterocycles. The van der Waals surface area contributed by atoms with E-state index in [9.17, 15) is 14.4 Å². The van der Waals surface area contributed by atoms with E-state index in [0.717, 1.165) is 5.69 Å². The van der Waals surface area contributed by atoms with Crippen molar-refractivity contribution in [2.45, 2.75) is 13.3 Å². The predicted molar refractivity (Wildman–Crippen MR) is 88.5 cm³/mol. The predicted octanol–water partition coefficient (Wildman–Crippen LogP) is 0.586. The van der Waals surface area contributed by atoms with E-state index in [0.29, 0.717) is 16.9 Å². The molecule has 3 amide bonds. The van der Waals surface area contributed by atoms with Gasteiger partial charge in [-0.15, -0.1) is 0 Å². The standard InChI is InChI=1S/C16H19N5O3/c1-10-8-13(21(2)20-10)16(24)18-7-6-14(22)19-12-5-3-4-11(9-12)15(17)23/h3-5,8-9H,6-7H2,1-2H3,(H2,17,23)(H,18,24)(H,19,22). The minimum Gasteiger partial charge on any atom is -0.366 e. The molecule has 0 saturated carbocycles. The van der Waals surface area contributed by atoms with Crippen LogP contribution in [-0.4, -0.2) is 34.0 Å². The lowest BCUT2D eigenvalue weighted by molar-refractivity contribution is -0.116. The molecule has 1 heterocycles. The molecule has 0 bridgehead atoms. The number of primary amides is 1. The lowest BCUT2D eigenvalue weighted by atomic mass is 10.2.